The molecule has 3 rings (SSSR count). The van der Waals surface area contributed by atoms with Gasteiger partial charge in [-0.25, -0.2) is 4.98 Å². The van der Waals surface area contributed by atoms with Gasteiger partial charge in [-0.2, -0.15) is 0 Å². The molecule has 3 amide bonds. The van der Waals surface area contributed by atoms with E-state index in [-0.39, 0.29) is 38.1 Å². The number of benzene rings is 1. The molecule has 1 aromatic heterocycles. The molecule has 0 aliphatic carbocycles. The number of aliphatic hydroxyl groups is 1. The van der Waals surface area contributed by atoms with Crippen LogP contribution in [-0.4, -0.2) is 110 Å². The molecule has 4 atom stereocenters. The van der Waals surface area contributed by atoms with E-state index in [1.165, 1.54) is 4.90 Å². The summed E-state index contributed by atoms with van der Waals surface area (Å²) in [4.78, 5) is 46.8. The minimum atomic E-state index is -0.936. The largest absolute Gasteiger partial charge is 0.391 e. The Morgan fingerprint density at radius 2 is 1.61 bits per heavy atom. The number of carbonyl (C=O) groups is 3. The van der Waals surface area contributed by atoms with E-state index in [1.54, 1.807) is 11.3 Å². The molecule has 1 aliphatic rings. The van der Waals surface area contributed by atoms with Gasteiger partial charge in [0.15, 0.2) is 0 Å². The van der Waals surface area contributed by atoms with E-state index in [0.717, 1.165) is 21.7 Å². The maximum Gasteiger partial charge on any atom is 0.246 e. The Morgan fingerprint density at radius 3 is 2.17 bits per heavy atom. The molecular weight excluding hydrogens is 612 g/mol. The predicted molar refractivity (Wildman–Crippen MR) is 175 cm³/mol. The summed E-state index contributed by atoms with van der Waals surface area (Å²) in [6, 6.07) is 5.80. The molecule has 2 heterocycles. The van der Waals surface area contributed by atoms with Crippen molar-refractivity contribution in [3.05, 3.63) is 41.0 Å². The number of nitrogens with one attached hydrogen (secondary N) is 2. The van der Waals surface area contributed by atoms with Crippen molar-refractivity contribution in [1.29, 1.82) is 0 Å². The average molecular weight is 663 g/mol. The maximum atomic E-state index is 13.8. The summed E-state index contributed by atoms with van der Waals surface area (Å²) in [6.45, 7) is 14.1. The lowest BCUT2D eigenvalue weighted by atomic mass is 9.85. The predicted octanol–water partition coefficient (Wildman–Crippen LogP) is 2.87. The highest BCUT2D eigenvalue weighted by atomic mass is 32.1. The van der Waals surface area contributed by atoms with Crippen LogP contribution in [-0.2, 0) is 33.3 Å². The number of hydrogen-bond acceptors (Lipinski definition) is 10. The van der Waals surface area contributed by atoms with Gasteiger partial charge in [-0.15, -0.1) is 11.3 Å². The highest BCUT2D eigenvalue weighted by Crippen LogP contribution is 2.29. The molecule has 3 N–H and O–H groups in total. The number of β-amino-alcohol motifs (C(OH)–C–C–N with tert-alkyl or cyclic N) is 1. The van der Waals surface area contributed by atoms with Crippen LogP contribution in [0.1, 0.15) is 58.3 Å². The lowest BCUT2D eigenvalue weighted by Crippen LogP contribution is -2.58. The quantitative estimate of drug-likeness (QED) is 0.205. The van der Waals surface area contributed by atoms with Crippen LogP contribution in [0, 0.1) is 12.3 Å². The van der Waals surface area contributed by atoms with E-state index in [4.69, 9.17) is 18.9 Å². The van der Waals surface area contributed by atoms with E-state index in [0.29, 0.717) is 39.6 Å². The third-order valence-electron chi connectivity index (χ3n) is 7.61. The number of thiazole rings is 1. The van der Waals surface area contributed by atoms with Crippen LogP contribution in [0.3, 0.4) is 0 Å². The van der Waals surface area contributed by atoms with E-state index in [2.05, 4.69) is 15.6 Å². The number of nitrogens with zero attached hydrogens (tertiary/aromatic N) is 2. The fourth-order valence-electron chi connectivity index (χ4n) is 5.08. The van der Waals surface area contributed by atoms with Gasteiger partial charge in [0.25, 0.3) is 0 Å². The van der Waals surface area contributed by atoms with Crippen LogP contribution >= 0.6 is 11.3 Å². The second-order valence-electron chi connectivity index (χ2n) is 12.4. The van der Waals surface area contributed by atoms with E-state index in [1.807, 2.05) is 71.3 Å². The van der Waals surface area contributed by atoms with Gasteiger partial charge in [-0.1, -0.05) is 45.0 Å². The van der Waals surface area contributed by atoms with Gasteiger partial charge in [0, 0.05) is 19.6 Å². The van der Waals surface area contributed by atoms with Crippen LogP contribution in [0.25, 0.3) is 10.4 Å². The van der Waals surface area contributed by atoms with Crippen LogP contribution in [0.4, 0.5) is 0 Å². The Bertz CT molecular complexity index is 1250. The second-order valence-corrected chi connectivity index (χ2v) is 13.2. The first-order chi connectivity index (χ1) is 21.9. The third-order valence-corrected chi connectivity index (χ3v) is 8.59. The van der Waals surface area contributed by atoms with Gasteiger partial charge in [-0.05, 0) is 37.3 Å². The van der Waals surface area contributed by atoms with Gasteiger partial charge in [0.1, 0.15) is 18.7 Å². The zero-order chi connectivity index (χ0) is 33.7. The highest BCUT2D eigenvalue weighted by Gasteiger charge is 2.44. The van der Waals surface area contributed by atoms with Crippen molar-refractivity contribution in [3.63, 3.8) is 0 Å². The number of aryl methyl sites for hydroxylation is 1. The number of aromatic nitrogens is 1. The van der Waals surface area contributed by atoms with Crippen molar-refractivity contribution in [3.8, 4) is 10.4 Å². The van der Waals surface area contributed by atoms with Crippen molar-refractivity contribution < 1.29 is 38.4 Å². The number of carbonyl (C=O) groups excluding carboxylic acids is 3. The summed E-state index contributed by atoms with van der Waals surface area (Å²) < 4.78 is 21.4. The number of amides is 3. The Kier molecular flexibility index (Phi) is 15.0. The SMILES string of the molecule is CCOCCOCCOCCOCC(=O)N[C@H](C(=O)N1C[C@H](O)C[C@H]1C(=O)N[C@@H](C)c1ccc(-c2scnc2C)cc1)C(C)(C)C. The molecule has 0 spiro atoms. The highest BCUT2D eigenvalue weighted by molar-refractivity contribution is 7.13. The molecule has 1 saturated heterocycles. The normalized spacial score (nSPS) is 17.9. The fraction of sp³-hybridized carbons (Fsp3) is 0.636. The van der Waals surface area contributed by atoms with Crippen LogP contribution in [0.2, 0.25) is 0 Å². The molecule has 1 fully saturated rings. The number of aliphatic hydroxyl groups excluding tert-OH is 1. The summed E-state index contributed by atoms with van der Waals surface area (Å²) in [5.41, 5.74) is 4.08. The van der Waals surface area contributed by atoms with Crippen molar-refractivity contribution in [2.24, 2.45) is 5.41 Å². The van der Waals surface area contributed by atoms with Crippen LogP contribution < -0.4 is 10.6 Å². The van der Waals surface area contributed by atoms with Gasteiger partial charge in [0.2, 0.25) is 17.7 Å². The van der Waals surface area contributed by atoms with Crippen LogP contribution in [0.5, 0.6) is 0 Å². The smallest absolute Gasteiger partial charge is 0.246 e. The summed E-state index contributed by atoms with van der Waals surface area (Å²) in [5.74, 6) is -1.25. The zero-order valence-electron chi connectivity index (χ0n) is 27.9. The third kappa shape index (κ3) is 11.4. The monoisotopic (exact) mass is 662 g/mol. The molecule has 1 aliphatic heterocycles. The summed E-state index contributed by atoms with van der Waals surface area (Å²) in [6.07, 6.45) is -0.744. The topological polar surface area (TPSA) is 149 Å². The van der Waals surface area contributed by atoms with Gasteiger partial charge < -0.3 is 39.6 Å². The van der Waals surface area contributed by atoms with Gasteiger partial charge >= 0.3 is 0 Å². The number of likely N-dealkylation sites (tertiary alicyclic amines) is 1. The van der Waals surface area contributed by atoms with E-state index < -0.39 is 35.4 Å². The zero-order valence-corrected chi connectivity index (χ0v) is 28.7. The minimum absolute atomic E-state index is 0.000169. The summed E-state index contributed by atoms with van der Waals surface area (Å²) in [7, 11) is 0. The van der Waals surface area contributed by atoms with Gasteiger partial charge in [0.05, 0.1) is 67.9 Å². The molecule has 13 heteroatoms. The van der Waals surface area contributed by atoms with Crippen molar-refractivity contribution >= 4 is 29.1 Å². The molecule has 0 unspecified atom stereocenters. The Balaban J connectivity index is 1.51. The number of hydrogen-bond donors (Lipinski definition) is 3. The molecule has 1 aromatic carbocycles. The summed E-state index contributed by atoms with van der Waals surface area (Å²) >= 11 is 1.58. The molecule has 0 radical (unpaired) electrons. The maximum absolute atomic E-state index is 13.8. The fourth-order valence-corrected chi connectivity index (χ4v) is 5.90. The first kappa shape index (κ1) is 37.5. The van der Waals surface area contributed by atoms with Crippen molar-refractivity contribution in [2.45, 2.75) is 72.2 Å². The molecule has 0 bridgehead atoms. The Hall–Kier alpha value is -2.94. The minimum Gasteiger partial charge on any atom is -0.391 e. The molecule has 12 nitrogen and oxygen atoms in total. The first-order valence-electron chi connectivity index (χ1n) is 15.8. The molecule has 46 heavy (non-hydrogen) atoms. The molecular formula is C33H50N4O8S. The number of rotatable bonds is 18. The van der Waals surface area contributed by atoms with E-state index >= 15 is 0 Å². The second kappa shape index (κ2) is 18.4. The summed E-state index contributed by atoms with van der Waals surface area (Å²) in [5, 5.41) is 16.3. The average Bonchev–Trinajstić information content (AvgIpc) is 3.63. The molecule has 2 aromatic rings. The van der Waals surface area contributed by atoms with E-state index in [9.17, 15) is 19.5 Å². The lowest BCUT2D eigenvalue weighted by Gasteiger charge is -2.35. The number of ether oxygens (including phenoxy) is 4. The Labute approximate surface area is 276 Å². The van der Waals surface area contributed by atoms with Crippen molar-refractivity contribution in [2.75, 3.05) is 59.4 Å². The molecule has 256 valence electrons. The Morgan fingerprint density at radius 1 is 1.00 bits per heavy atom. The lowest BCUT2D eigenvalue weighted by molar-refractivity contribution is -0.144. The van der Waals surface area contributed by atoms with Gasteiger partial charge in [-0.3, -0.25) is 14.4 Å². The van der Waals surface area contributed by atoms with Crippen LogP contribution in [0.15, 0.2) is 29.8 Å². The molecule has 0 saturated carbocycles. The first-order valence-corrected chi connectivity index (χ1v) is 16.7. The standard InChI is InChI=1S/C33H50N4O8S/c1-7-42-12-13-43-14-15-44-16-17-45-20-28(39)36-30(33(4,5)6)32(41)37-19-26(38)18-27(37)31(40)35-22(2)24-8-10-25(11-9-24)29-23(3)34-21-46-29/h8-11,21-22,26-27,30,38H,7,12-20H2,1-6H3,(H,35,40)(H,36,39)/t22-,26+,27-,30+/m0/s1. The van der Waals surface area contributed by atoms with Crippen molar-refractivity contribution in [1.82, 2.24) is 20.5 Å².